The van der Waals surface area contributed by atoms with Crippen LogP contribution in [0.15, 0.2) is 34.3 Å². The molecule has 1 unspecified atom stereocenters. The van der Waals surface area contributed by atoms with Crippen molar-refractivity contribution >= 4 is 28.5 Å². The van der Waals surface area contributed by atoms with Gasteiger partial charge in [-0.1, -0.05) is 6.07 Å². The van der Waals surface area contributed by atoms with Gasteiger partial charge in [0.1, 0.15) is 0 Å². The first kappa shape index (κ1) is 11.5. The second kappa shape index (κ2) is 5.39. The average molecular weight is 251 g/mol. The third-order valence-corrected chi connectivity index (χ3v) is 4.12. The summed E-state index contributed by atoms with van der Waals surface area (Å²) in [4.78, 5) is 12.8. The Labute approximate surface area is 103 Å². The first-order chi connectivity index (χ1) is 7.77. The summed E-state index contributed by atoms with van der Waals surface area (Å²) in [6, 6.07) is 5.44. The van der Waals surface area contributed by atoms with Crippen LogP contribution in [0.25, 0.3) is 0 Å². The van der Waals surface area contributed by atoms with Gasteiger partial charge in [0.25, 0.3) is 0 Å². The highest BCUT2D eigenvalue weighted by Crippen LogP contribution is 2.19. The summed E-state index contributed by atoms with van der Waals surface area (Å²) < 4.78 is 0. The Morgan fingerprint density at radius 1 is 1.38 bits per heavy atom. The Hall–Kier alpha value is -0.970. The van der Waals surface area contributed by atoms with Crippen LogP contribution in [-0.4, -0.2) is 5.78 Å². The van der Waals surface area contributed by atoms with Gasteiger partial charge in [-0.05, 0) is 40.3 Å². The minimum Gasteiger partial charge on any atom is -0.317 e. The van der Waals surface area contributed by atoms with Crippen molar-refractivity contribution in [3.8, 4) is 0 Å². The van der Waals surface area contributed by atoms with E-state index in [0.29, 0.717) is 6.42 Å². The zero-order chi connectivity index (χ0) is 11.4. The van der Waals surface area contributed by atoms with E-state index in [1.807, 2.05) is 22.9 Å². The number of hydrogen-bond donors (Lipinski definition) is 1. The maximum atomic E-state index is 11.8. The fourth-order valence-electron chi connectivity index (χ4n) is 1.48. The van der Waals surface area contributed by atoms with Crippen molar-refractivity contribution in [2.24, 2.45) is 5.73 Å². The molecule has 2 aromatic rings. The summed E-state index contributed by atoms with van der Waals surface area (Å²) in [5.41, 5.74) is 7.11. The highest BCUT2D eigenvalue weighted by atomic mass is 32.1. The van der Waals surface area contributed by atoms with E-state index in [4.69, 9.17) is 5.73 Å². The zero-order valence-electron chi connectivity index (χ0n) is 8.76. The first-order valence-electron chi connectivity index (χ1n) is 5.10. The van der Waals surface area contributed by atoms with Crippen LogP contribution < -0.4 is 5.73 Å². The summed E-state index contributed by atoms with van der Waals surface area (Å²) in [7, 11) is 0. The third kappa shape index (κ3) is 2.78. The highest BCUT2D eigenvalue weighted by Gasteiger charge is 2.16. The second-order valence-corrected chi connectivity index (χ2v) is 5.35. The smallest absolute Gasteiger partial charge is 0.155 e. The van der Waals surface area contributed by atoms with Crippen LogP contribution in [0.4, 0.5) is 0 Å². The molecule has 0 aliphatic carbocycles. The lowest BCUT2D eigenvalue weighted by molar-refractivity contribution is -0.120. The molecule has 84 valence electrons. The second-order valence-electron chi connectivity index (χ2n) is 3.59. The number of rotatable bonds is 5. The molecule has 0 saturated carbocycles. The molecule has 0 bridgehead atoms. The van der Waals surface area contributed by atoms with Gasteiger partial charge in [0, 0.05) is 11.3 Å². The van der Waals surface area contributed by atoms with Crippen molar-refractivity contribution in [1.82, 2.24) is 0 Å². The van der Waals surface area contributed by atoms with Crippen molar-refractivity contribution in [2.75, 3.05) is 0 Å². The standard InChI is InChI=1S/C12H13NOS2/c13-12(11-2-1-6-16-11)10(14)4-3-9-5-7-15-8-9/h1-2,5-8,12H,3-4,13H2. The molecule has 0 radical (unpaired) electrons. The molecular weight excluding hydrogens is 238 g/mol. The number of hydrogen-bond acceptors (Lipinski definition) is 4. The van der Waals surface area contributed by atoms with E-state index >= 15 is 0 Å². The Bertz CT molecular complexity index is 434. The Kier molecular flexibility index (Phi) is 3.88. The molecule has 0 aliphatic rings. The predicted molar refractivity (Wildman–Crippen MR) is 68.9 cm³/mol. The minimum absolute atomic E-state index is 0.119. The lowest BCUT2D eigenvalue weighted by Gasteiger charge is -2.07. The molecule has 16 heavy (non-hydrogen) atoms. The number of Topliss-reactive ketones (excluding diaryl/α,β-unsaturated/α-hetero) is 1. The van der Waals surface area contributed by atoms with Gasteiger partial charge < -0.3 is 5.73 Å². The first-order valence-corrected chi connectivity index (χ1v) is 6.92. The Morgan fingerprint density at radius 2 is 2.25 bits per heavy atom. The Balaban J connectivity index is 1.89. The molecule has 0 fully saturated rings. The summed E-state index contributed by atoms with van der Waals surface area (Å²) in [5, 5.41) is 6.05. The van der Waals surface area contributed by atoms with Crippen LogP contribution in [0.2, 0.25) is 0 Å². The molecule has 0 aromatic carbocycles. The predicted octanol–water partition coefficient (Wildman–Crippen LogP) is 3.01. The van der Waals surface area contributed by atoms with Crippen LogP contribution in [-0.2, 0) is 11.2 Å². The number of aryl methyl sites for hydroxylation is 1. The van der Waals surface area contributed by atoms with Crippen LogP contribution >= 0.6 is 22.7 Å². The molecule has 2 N–H and O–H groups in total. The minimum atomic E-state index is -0.446. The Morgan fingerprint density at radius 3 is 2.88 bits per heavy atom. The van der Waals surface area contributed by atoms with Crippen LogP contribution in [0.1, 0.15) is 22.9 Å². The molecule has 0 saturated heterocycles. The van der Waals surface area contributed by atoms with Gasteiger partial charge in [0.05, 0.1) is 6.04 Å². The monoisotopic (exact) mass is 251 g/mol. The average Bonchev–Trinajstić information content (AvgIpc) is 2.96. The largest absolute Gasteiger partial charge is 0.317 e. The van der Waals surface area contributed by atoms with E-state index in [9.17, 15) is 4.79 Å². The molecule has 2 rings (SSSR count). The van der Waals surface area contributed by atoms with E-state index in [2.05, 4.69) is 11.4 Å². The molecule has 0 aliphatic heterocycles. The van der Waals surface area contributed by atoms with E-state index in [-0.39, 0.29) is 5.78 Å². The lowest BCUT2D eigenvalue weighted by atomic mass is 10.0. The zero-order valence-corrected chi connectivity index (χ0v) is 10.4. The van der Waals surface area contributed by atoms with Gasteiger partial charge in [-0.3, -0.25) is 4.79 Å². The van der Waals surface area contributed by atoms with Crippen molar-refractivity contribution < 1.29 is 4.79 Å². The van der Waals surface area contributed by atoms with Crippen molar-refractivity contribution in [2.45, 2.75) is 18.9 Å². The molecular formula is C12H13NOS2. The van der Waals surface area contributed by atoms with E-state index in [0.717, 1.165) is 11.3 Å². The normalized spacial score (nSPS) is 12.6. The van der Waals surface area contributed by atoms with E-state index in [1.165, 1.54) is 16.9 Å². The molecule has 2 heterocycles. The summed E-state index contributed by atoms with van der Waals surface area (Å²) in [6.07, 6.45) is 1.32. The highest BCUT2D eigenvalue weighted by molar-refractivity contribution is 7.10. The molecule has 2 nitrogen and oxygen atoms in total. The molecule has 0 amide bonds. The summed E-state index contributed by atoms with van der Waals surface area (Å²) in [6.45, 7) is 0. The lowest BCUT2D eigenvalue weighted by Crippen LogP contribution is -2.20. The number of thiophene rings is 2. The van der Waals surface area contributed by atoms with Gasteiger partial charge in [-0.2, -0.15) is 11.3 Å². The molecule has 4 heteroatoms. The van der Waals surface area contributed by atoms with Gasteiger partial charge in [-0.15, -0.1) is 11.3 Å². The van der Waals surface area contributed by atoms with Crippen molar-refractivity contribution in [1.29, 1.82) is 0 Å². The van der Waals surface area contributed by atoms with Crippen molar-refractivity contribution in [3.63, 3.8) is 0 Å². The van der Waals surface area contributed by atoms with E-state index < -0.39 is 6.04 Å². The van der Waals surface area contributed by atoms with E-state index in [1.54, 1.807) is 11.3 Å². The maximum Gasteiger partial charge on any atom is 0.155 e. The molecule has 1 atom stereocenters. The van der Waals surface area contributed by atoms with Gasteiger partial charge in [0.2, 0.25) is 0 Å². The van der Waals surface area contributed by atoms with Crippen LogP contribution in [0, 0.1) is 0 Å². The fourth-order valence-corrected chi connectivity index (χ4v) is 2.94. The quantitative estimate of drug-likeness (QED) is 0.887. The van der Waals surface area contributed by atoms with Gasteiger partial charge >= 0.3 is 0 Å². The molecule has 0 spiro atoms. The van der Waals surface area contributed by atoms with Crippen LogP contribution in [0.5, 0.6) is 0 Å². The molecule has 2 aromatic heterocycles. The number of carbonyl (C=O) groups is 1. The van der Waals surface area contributed by atoms with Crippen molar-refractivity contribution in [3.05, 3.63) is 44.8 Å². The topological polar surface area (TPSA) is 43.1 Å². The van der Waals surface area contributed by atoms with Crippen LogP contribution in [0.3, 0.4) is 0 Å². The summed E-state index contributed by atoms with van der Waals surface area (Å²) >= 11 is 3.20. The fraction of sp³-hybridized carbons (Fsp3) is 0.250. The number of carbonyl (C=O) groups excluding carboxylic acids is 1. The van der Waals surface area contributed by atoms with Gasteiger partial charge in [0.15, 0.2) is 5.78 Å². The summed E-state index contributed by atoms with van der Waals surface area (Å²) in [5.74, 6) is 0.119. The SMILES string of the molecule is NC(C(=O)CCc1ccsc1)c1cccs1. The maximum absolute atomic E-state index is 11.8. The third-order valence-electron chi connectivity index (χ3n) is 2.44. The van der Waals surface area contributed by atoms with Gasteiger partial charge in [-0.25, -0.2) is 0 Å². The number of ketones is 1. The number of nitrogens with two attached hydrogens (primary N) is 1.